The van der Waals surface area contributed by atoms with E-state index < -0.39 is 0 Å². The van der Waals surface area contributed by atoms with Crippen molar-refractivity contribution in [1.29, 1.82) is 0 Å². The van der Waals surface area contributed by atoms with Crippen LogP contribution >= 0.6 is 11.6 Å². The average molecular weight is 404 g/mol. The quantitative estimate of drug-likeness (QED) is 0.640. The summed E-state index contributed by atoms with van der Waals surface area (Å²) in [7, 11) is 0. The van der Waals surface area contributed by atoms with Gasteiger partial charge < -0.3 is 5.32 Å². The van der Waals surface area contributed by atoms with Crippen LogP contribution in [0.5, 0.6) is 0 Å². The molecule has 0 aliphatic carbocycles. The van der Waals surface area contributed by atoms with Gasteiger partial charge in [0.15, 0.2) is 0 Å². The van der Waals surface area contributed by atoms with Crippen LogP contribution in [0.2, 0.25) is 5.02 Å². The van der Waals surface area contributed by atoms with E-state index in [-0.39, 0.29) is 24.1 Å². The van der Waals surface area contributed by atoms with Gasteiger partial charge in [0.2, 0.25) is 0 Å². The lowest BCUT2D eigenvalue weighted by molar-refractivity contribution is -0.137. The minimum absolute atomic E-state index is 0.106. The fourth-order valence-corrected chi connectivity index (χ4v) is 3.37. The first kappa shape index (κ1) is 18.9. The minimum atomic E-state index is -0.382. The van der Waals surface area contributed by atoms with Crippen molar-refractivity contribution in [3.63, 3.8) is 0 Å². The molecule has 3 aromatic rings. The molecule has 1 aliphatic rings. The van der Waals surface area contributed by atoms with Gasteiger partial charge in [-0.2, -0.15) is 0 Å². The summed E-state index contributed by atoms with van der Waals surface area (Å²) >= 11 is 6.00. The summed E-state index contributed by atoms with van der Waals surface area (Å²) in [6.45, 7) is 2.07. The van der Waals surface area contributed by atoms with E-state index in [1.54, 1.807) is 42.6 Å². The van der Waals surface area contributed by atoms with E-state index in [1.165, 1.54) is 4.90 Å². The fraction of sp³-hybridized carbons (Fsp3) is 0.0870. The Balaban J connectivity index is 1.75. The molecule has 0 fully saturated rings. The Kier molecular flexibility index (Phi) is 5.14. The number of hydrogen-bond acceptors (Lipinski definition) is 4. The molecule has 0 radical (unpaired) electrons. The normalized spacial score (nSPS) is 13.9. The lowest BCUT2D eigenvalue weighted by atomic mass is 10.0. The maximum atomic E-state index is 13.2. The molecule has 6 heteroatoms. The third-order valence-corrected chi connectivity index (χ3v) is 4.89. The number of imide groups is 1. The van der Waals surface area contributed by atoms with Crippen molar-refractivity contribution in [3.05, 3.63) is 100 Å². The molecule has 0 unspecified atom stereocenters. The second-order valence-corrected chi connectivity index (χ2v) is 7.21. The topological polar surface area (TPSA) is 62.3 Å². The molecule has 0 bridgehead atoms. The number of halogens is 1. The third kappa shape index (κ3) is 3.91. The molecule has 2 aromatic carbocycles. The summed E-state index contributed by atoms with van der Waals surface area (Å²) in [5, 5.41) is 3.71. The lowest BCUT2D eigenvalue weighted by Crippen LogP contribution is -2.32. The molecule has 2 heterocycles. The first-order chi connectivity index (χ1) is 14.0. The van der Waals surface area contributed by atoms with Crippen molar-refractivity contribution < 1.29 is 9.59 Å². The molecule has 0 atom stereocenters. The molecular formula is C23H18ClN3O2. The molecular weight excluding hydrogens is 386 g/mol. The number of anilines is 1. The van der Waals surface area contributed by atoms with Gasteiger partial charge >= 0.3 is 0 Å². The third-order valence-electron chi connectivity index (χ3n) is 4.63. The lowest BCUT2D eigenvalue weighted by Gasteiger charge is -2.14. The summed E-state index contributed by atoms with van der Waals surface area (Å²) in [6.07, 6.45) is 1.64. The highest BCUT2D eigenvalue weighted by atomic mass is 35.5. The monoisotopic (exact) mass is 403 g/mol. The van der Waals surface area contributed by atoms with Gasteiger partial charge in [0.05, 0.1) is 17.8 Å². The maximum absolute atomic E-state index is 13.2. The molecule has 5 nitrogen and oxygen atoms in total. The summed E-state index contributed by atoms with van der Waals surface area (Å²) in [6, 6.07) is 19.9. The Morgan fingerprint density at radius 1 is 0.966 bits per heavy atom. The Labute approximate surface area is 173 Å². The summed E-state index contributed by atoms with van der Waals surface area (Å²) < 4.78 is 0. The number of rotatable bonds is 5. The van der Waals surface area contributed by atoms with Crippen molar-refractivity contribution in [1.82, 2.24) is 9.88 Å². The predicted molar refractivity (Wildman–Crippen MR) is 113 cm³/mol. The van der Waals surface area contributed by atoms with E-state index in [0.29, 0.717) is 21.9 Å². The molecule has 0 saturated carbocycles. The van der Waals surface area contributed by atoms with Crippen LogP contribution in [-0.2, 0) is 16.1 Å². The SMILES string of the molecule is Cc1cccc(NC2=C(c3ccc(Cl)cc3)C(=O)N(Cc3ccccn3)C2=O)c1. The number of amides is 2. The zero-order chi connectivity index (χ0) is 20.4. The van der Waals surface area contributed by atoms with Crippen molar-refractivity contribution >= 4 is 34.7 Å². The van der Waals surface area contributed by atoms with E-state index in [1.807, 2.05) is 37.3 Å². The van der Waals surface area contributed by atoms with E-state index in [2.05, 4.69) is 10.3 Å². The average Bonchev–Trinajstić information content (AvgIpc) is 2.94. The Bertz CT molecular complexity index is 1110. The predicted octanol–water partition coefficient (Wildman–Crippen LogP) is 4.44. The van der Waals surface area contributed by atoms with Crippen molar-refractivity contribution in [3.8, 4) is 0 Å². The summed E-state index contributed by atoms with van der Waals surface area (Å²) in [5.74, 6) is -0.745. The summed E-state index contributed by atoms with van der Waals surface area (Å²) in [5.41, 5.74) is 3.63. The highest BCUT2D eigenvalue weighted by Crippen LogP contribution is 2.32. The number of aromatic nitrogens is 1. The minimum Gasteiger partial charge on any atom is -0.350 e. The number of pyridine rings is 1. The largest absolute Gasteiger partial charge is 0.350 e. The number of aryl methyl sites for hydroxylation is 1. The highest BCUT2D eigenvalue weighted by Gasteiger charge is 2.39. The summed E-state index contributed by atoms with van der Waals surface area (Å²) in [4.78, 5) is 31.9. The van der Waals surface area contributed by atoms with Crippen LogP contribution in [0.3, 0.4) is 0 Å². The molecule has 4 rings (SSSR count). The van der Waals surface area contributed by atoms with Crippen LogP contribution in [-0.4, -0.2) is 21.7 Å². The second kappa shape index (κ2) is 7.89. The number of carbonyl (C=O) groups is 2. The first-order valence-corrected chi connectivity index (χ1v) is 9.51. The van der Waals surface area contributed by atoms with Crippen LogP contribution in [0.15, 0.2) is 78.6 Å². The van der Waals surface area contributed by atoms with Crippen LogP contribution < -0.4 is 5.32 Å². The Morgan fingerprint density at radius 3 is 2.45 bits per heavy atom. The standard InChI is InChI=1S/C23H18ClN3O2/c1-15-5-4-7-18(13-15)26-21-20(16-8-10-17(24)11-9-16)22(28)27(23(21)29)14-19-6-2-3-12-25-19/h2-13,26H,14H2,1H3. The molecule has 1 aromatic heterocycles. The number of benzene rings is 2. The number of hydrogen-bond donors (Lipinski definition) is 1. The van der Waals surface area contributed by atoms with Gasteiger partial charge in [-0.3, -0.25) is 19.5 Å². The highest BCUT2D eigenvalue weighted by molar-refractivity contribution is 6.36. The van der Waals surface area contributed by atoms with Crippen molar-refractivity contribution in [2.45, 2.75) is 13.5 Å². The number of carbonyl (C=O) groups excluding carboxylic acids is 2. The van der Waals surface area contributed by atoms with Gasteiger partial charge in [-0.25, -0.2) is 0 Å². The smallest absolute Gasteiger partial charge is 0.278 e. The molecule has 29 heavy (non-hydrogen) atoms. The van der Waals surface area contributed by atoms with E-state index in [4.69, 9.17) is 11.6 Å². The molecule has 2 amide bonds. The van der Waals surface area contributed by atoms with Gasteiger partial charge in [0.25, 0.3) is 11.8 Å². The van der Waals surface area contributed by atoms with E-state index in [9.17, 15) is 9.59 Å². The van der Waals surface area contributed by atoms with Gasteiger partial charge in [-0.15, -0.1) is 0 Å². The van der Waals surface area contributed by atoms with Crippen LogP contribution in [0.25, 0.3) is 5.57 Å². The van der Waals surface area contributed by atoms with E-state index >= 15 is 0 Å². The molecule has 0 saturated heterocycles. The number of nitrogens with one attached hydrogen (secondary N) is 1. The second-order valence-electron chi connectivity index (χ2n) is 6.77. The molecule has 0 spiro atoms. The fourth-order valence-electron chi connectivity index (χ4n) is 3.24. The first-order valence-electron chi connectivity index (χ1n) is 9.13. The van der Waals surface area contributed by atoms with E-state index in [0.717, 1.165) is 11.3 Å². The van der Waals surface area contributed by atoms with Crippen molar-refractivity contribution in [2.75, 3.05) is 5.32 Å². The molecule has 1 aliphatic heterocycles. The van der Waals surface area contributed by atoms with Gasteiger partial charge in [-0.05, 0) is 54.4 Å². The Hall–Kier alpha value is -3.44. The van der Waals surface area contributed by atoms with Crippen LogP contribution in [0, 0.1) is 6.92 Å². The zero-order valence-electron chi connectivity index (χ0n) is 15.7. The molecule has 144 valence electrons. The zero-order valence-corrected chi connectivity index (χ0v) is 16.5. The van der Waals surface area contributed by atoms with Crippen LogP contribution in [0.4, 0.5) is 5.69 Å². The Morgan fingerprint density at radius 2 is 1.76 bits per heavy atom. The number of nitrogens with zero attached hydrogens (tertiary/aromatic N) is 2. The molecule has 1 N–H and O–H groups in total. The van der Waals surface area contributed by atoms with Gasteiger partial charge in [-0.1, -0.05) is 41.9 Å². The van der Waals surface area contributed by atoms with Crippen LogP contribution in [0.1, 0.15) is 16.8 Å². The van der Waals surface area contributed by atoms with Gasteiger partial charge in [0.1, 0.15) is 5.70 Å². The van der Waals surface area contributed by atoms with Gasteiger partial charge in [0, 0.05) is 16.9 Å². The maximum Gasteiger partial charge on any atom is 0.278 e. The van der Waals surface area contributed by atoms with Crippen molar-refractivity contribution in [2.24, 2.45) is 0 Å².